The molecule has 21 heavy (non-hydrogen) atoms. The molecule has 5 heteroatoms. The van der Waals surface area contributed by atoms with E-state index in [2.05, 4.69) is 36.3 Å². The van der Waals surface area contributed by atoms with E-state index < -0.39 is 0 Å². The summed E-state index contributed by atoms with van der Waals surface area (Å²) < 4.78 is 1.55. The SMILES string of the molecule is Cc1ccc([C@@H]2CCCN2C(=O)c2c(Cl)cnn2C)cc1. The summed E-state index contributed by atoms with van der Waals surface area (Å²) in [6, 6.07) is 8.53. The molecule has 2 aromatic rings. The highest BCUT2D eigenvalue weighted by atomic mass is 35.5. The Balaban J connectivity index is 1.90. The molecule has 0 unspecified atom stereocenters. The van der Waals surface area contributed by atoms with E-state index in [0.717, 1.165) is 19.4 Å². The van der Waals surface area contributed by atoms with Gasteiger partial charge in [-0.2, -0.15) is 5.10 Å². The van der Waals surface area contributed by atoms with Gasteiger partial charge in [0.15, 0.2) is 0 Å². The van der Waals surface area contributed by atoms with Crippen LogP contribution in [0.1, 0.15) is 40.5 Å². The summed E-state index contributed by atoms with van der Waals surface area (Å²) >= 11 is 6.10. The van der Waals surface area contributed by atoms with Crippen LogP contribution in [0, 0.1) is 6.92 Å². The molecule has 1 saturated heterocycles. The van der Waals surface area contributed by atoms with E-state index in [1.807, 2.05) is 4.90 Å². The highest BCUT2D eigenvalue weighted by molar-refractivity contribution is 6.33. The second kappa shape index (κ2) is 5.53. The van der Waals surface area contributed by atoms with Crippen LogP contribution in [-0.2, 0) is 7.05 Å². The Bertz CT molecular complexity index is 643. The maximum atomic E-state index is 12.8. The minimum Gasteiger partial charge on any atom is -0.330 e. The van der Waals surface area contributed by atoms with E-state index in [4.69, 9.17) is 11.6 Å². The zero-order valence-electron chi connectivity index (χ0n) is 12.2. The van der Waals surface area contributed by atoms with Gasteiger partial charge in [0.1, 0.15) is 5.69 Å². The second-order valence-electron chi connectivity index (χ2n) is 5.53. The number of carbonyl (C=O) groups is 1. The number of halogens is 1. The fourth-order valence-electron chi connectivity index (χ4n) is 2.93. The molecule has 2 heterocycles. The Morgan fingerprint density at radius 3 is 2.67 bits per heavy atom. The first kappa shape index (κ1) is 14.1. The lowest BCUT2D eigenvalue weighted by Gasteiger charge is -2.25. The maximum Gasteiger partial charge on any atom is 0.274 e. The lowest BCUT2D eigenvalue weighted by Crippen LogP contribution is -2.32. The average Bonchev–Trinajstić information content (AvgIpc) is 3.07. The molecule has 1 fully saturated rings. The number of hydrogen-bond donors (Lipinski definition) is 0. The van der Waals surface area contributed by atoms with E-state index in [9.17, 15) is 4.79 Å². The minimum atomic E-state index is -0.0388. The van der Waals surface area contributed by atoms with E-state index in [0.29, 0.717) is 10.7 Å². The van der Waals surface area contributed by atoms with Gasteiger partial charge in [-0.1, -0.05) is 41.4 Å². The third-order valence-electron chi connectivity index (χ3n) is 4.07. The van der Waals surface area contributed by atoms with Crippen LogP contribution in [-0.4, -0.2) is 27.1 Å². The van der Waals surface area contributed by atoms with Crippen molar-refractivity contribution in [1.82, 2.24) is 14.7 Å². The first-order chi connectivity index (χ1) is 10.1. The predicted molar refractivity (Wildman–Crippen MR) is 82.4 cm³/mol. The minimum absolute atomic E-state index is 0.0388. The van der Waals surface area contributed by atoms with Crippen molar-refractivity contribution >= 4 is 17.5 Å². The Kier molecular flexibility index (Phi) is 3.72. The molecule has 0 saturated carbocycles. The molecule has 0 radical (unpaired) electrons. The number of nitrogens with zero attached hydrogens (tertiary/aromatic N) is 3. The molecule has 0 bridgehead atoms. The largest absolute Gasteiger partial charge is 0.330 e. The third-order valence-corrected chi connectivity index (χ3v) is 4.35. The number of amides is 1. The molecular weight excluding hydrogens is 286 g/mol. The summed E-state index contributed by atoms with van der Waals surface area (Å²) in [6.45, 7) is 2.83. The number of aryl methyl sites for hydroxylation is 2. The molecule has 0 N–H and O–H groups in total. The molecule has 1 aromatic heterocycles. The number of benzene rings is 1. The van der Waals surface area contributed by atoms with Gasteiger partial charge in [0.05, 0.1) is 17.3 Å². The molecule has 1 aliphatic heterocycles. The van der Waals surface area contributed by atoms with Gasteiger partial charge in [-0.3, -0.25) is 9.48 Å². The van der Waals surface area contributed by atoms with Crippen LogP contribution in [0.2, 0.25) is 5.02 Å². The summed E-state index contributed by atoms with van der Waals surface area (Å²) in [5.74, 6) is -0.0388. The van der Waals surface area contributed by atoms with Crippen LogP contribution in [0.5, 0.6) is 0 Å². The van der Waals surface area contributed by atoms with Gasteiger partial charge in [0.2, 0.25) is 0 Å². The van der Waals surface area contributed by atoms with Gasteiger partial charge in [-0.15, -0.1) is 0 Å². The van der Waals surface area contributed by atoms with Gasteiger partial charge in [0, 0.05) is 13.6 Å². The molecular formula is C16H18ClN3O. The summed E-state index contributed by atoms with van der Waals surface area (Å²) in [7, 11) is 1.75. The molecule has 110 valence electrons. The normalized spacial score (nSPS) is 18.2. The number of carbonyl (C=O) groups excluding carboxylic acids is 1. The van der Waals surface area contributed by atoms with Crippen LogP contribution in [0.15, 0.2) is 30.5 Å². The lowest BCUT2D eigenvalue weighted by molar-refractivity contribution is 0.0724. The van der Waals surface area contributed by atoms with Crippen LogP contribution >= 0.6 is 11.6 Å². The van der Waals surface area contributed by atoms with Crippen molar-refractivity contribution in [1.29, 1.82) is 0 Å². The highest BCUT2D eigenvalue weighted by Crippen LogP contribution is 2.34. The monoisotopic (exact) mass is 303 g/mol. The van der Waals surface area contributed by atoms with Crippen molar-refractivity contribution in [2.75, 3.05) is 6.54 Å². The molecule has 0 spiro atoms. The van der Waals surface area contributed by atoms with E-state index in [-0.39, 0.29) is 11.9 Å². The highest BCUT2D eigenvalue weighted by Gasteiger charge is 2.32. The number of rotatable bonds is 2. The second-order valence-corrected chi connectivity index (χ2v) is 5.94. The van der Waals surface area contributed by atoms with Crippen LogP contribution in [0.25, 0.3) is 0 Å². The van der Waals surface area contributed by atoms with E-state index in [1.165, 1.54) is 17.3 Å². The Morgan fingerprint density at radius 2 is 2.05 bits per heavy atom. The Hall–Kier alpha value is -1.81. The smallest absolute Gasteiger partial charge is 0.274 e. The van der Waals surface area contributed by atoms with Gasteiger partial charge in [-0.25, -0.2) is 0 Å². The van der Waals surface area contributed by atoms with Crippen LogP contribution in [0.4, 0.5) is 0 Å². The van der Waals surface area contributed by atoms with Gasteiger partial charge in [0.25, 0.3) is 5.91 Å². The van der Waals surface area contributed by atoms with Crippen molar-refractivity contribution < 1.29 is 4.79 Å². The molecule has 4 nitrogen and oxygen atoms in total. The molecule has 1 aliphatic rings. The summed E-state index contributed by atoms with van der Waals surface area (Å²) in [5, 5.41) is 4.47. The van der Waals surface area contributed by atoms with Crippen LogP contribution in [0.3, 0.4) is 0 Å². The Labute approximate surface area is 129 Å². The molecule has 1 amide bonds. The summed E-state index contributed by atoms with van der Waals surface area (Å²) in [4.78, 5) is 14.7. The van der Waals surface area contributed by atoms with Crippen molar-refractivity contribution in [3.63, 3.8) is 0 Å². The molecule has 0 aliphatic carbocycles. The third kappa shape index (κ3) is 2.56. The fraction of sp³-hybridized carbons (Fsp3) is 0.375. The average molecular weight is 304 g/mol. The number of likely N-dealkylation sites (tertiary alicyclic amines) is 1. The zero-order valence-corrected chi connectivity index (χ0v) is 13.0. The van der Waals surface area contributed by atoms with Crippen LogP contribution < -0.4 is 0 Å². The van der Waals surface area contributed by atoms with Gasteiger partial charge in [-0.05, 0) is 25.3 Å². The first-order valence-electron chi connectivity index (χ1n) is 7.13. The lowest BCUT2D eigenvalue weighted by atomic mass is 10.0. The van der Waals surface area contributed by atoms with Crippen molar-refractivity contribution in [2.24, 2.45) is 7.05 Å². The van der Waals surface area contributed by atoms with Gasteiger partial charge >= 0.3 is 0 Å². The van der Waals surface area contributed by atoms with Crippen molar-refractivity contribution in [3.05, 3.63) is 52.3 Å². The Morgan fingerprint density at radius 1 is 1.33 bits per heavy atom. The van der Waals surface area contributed by atoms with Crippen molar-refractivity contribution in [2.45, 2.75) is 25.8 Å². The van der Waals surface area contributed by atoms with E-state index in [1.54, 1.807) is 11.7 Å². The van der Waals surface area contributed by atoms with Gasteiger partial charge < -0.3 is 4.90 Å². The summed E-state index contributed by atoms with van der Waals surface area (Å²) in [6.07, 6.45) is 3.52. The first-order valence-corrected chi connectivity index (χ1v) is 7.51. The topological polar surface area (TPSA) is 38.1 Å². The predicted octanol–water partition coefficient (Wildman–Crippen LogP) is 3.36. The molecule has 1 aromatic carbocycles. The number of hydrogen-bond acceptors (Lipinski definition) is 2. The quantitative estimate of drug-likeness (QED) is 0.853. The van der Waals surface area contributed by atoms with E-state index >= 15 is 0 Å². The maximum absolute atomic E-state index is 12.8. The standard InChI is InChI=1S/C16H18ClN3O/c1-11-5-7-12(8-6-11)14-4-3-9-20(14)16(21)15-13(17)10-18-19(15)2/h5-8,10,14H,3-4,9H2,1-2H3/t14-/m0/s1. The zero-order chi connectivity index (χ0) is 15.0. The molecule has 3 rings (SSSR count). The summed E-state index contributed by atoms with van der Waals surface area (Å²) in [5.41, 5.74) is 2.88. The molecule has 1 atom stereocenters. The fourth-order valence-corrected chi connectivity index (χ4v) is 3.18. The van der Waals surface area contributed by atoms with Crippen molar-refractivity contribution in [3.8, 4) is 0 Å². The number of aromatic nitrogens is 2.